The van der Waals surface area contributed by atoms with E-state index < -0.39 is 0 Å². The first-order valence-corrected chi connectivity index (χ1v) is 9.97. The standard InChI is InChI=1S/C23H29N3O3/c1-16(2)18(4)26(13-19-9-7-17(3)8-10-19)14-22-25-21(15-29-22)23(27)24-12-20-6-5-11-28-20/h5-11,15-16,18H,12-14H2,1-4H3,(H,24,27)/t18-/m0/s1. The van der Waals surface area contributed by atoms with Gasteiger partial charge in [-0.25, -0.2) is 4.98 Å². The predicted molar refractivity (Wildman–Crippen MR) is 111 cm³/mol. The molecule has 1 amide bonds. The average Bonchev–Trinajstić information content (AvgIpc) is 3.38. The molecule has 0 aliphatic carbocycles. The van der Waals surface area contributed by atoms with Gasteiger partial charge in [0.2, 0.25) is 5.89 Å². The van der Waals surface area contributed by atoms with Gasteiger partial charge in [-0.2, -0.15) is 0 Å². The van der Waals surface area contributed by atoms with Gasteiger partial charge in [0, 0.05) is 12.6 Å². The first-order chi connectivity index (χ1) is 13.9. The Morgan fingerprint density at radius 1 is 1.10 bits per heavy atom. The molecule has 0 aliphatic rings. The Hall–Kier alpha value is -2.86. The minimum atomic E-state index is -0.279. The average molecular weight is 396 g/mol. The van der Waals surface area contributed by atoms with Gasteiger partial charge in [-0.05, 0) is 37.5 Å². The zero-order valence-corrected chi connectivity index (χ0v) is 17.5. The molecule has 0 radical (unpaired) electrons. The Balaban J connectivity index is 1.65. The number of carbonyl (C=O) groups is 1. The molecule has 0 spiro atoms. The lowest BCUT2D eigenvalue weighted by Crippen LogP contribution is -2.36. The third kappa shape index (κ3) is 5.81. The Kier molecular flexibility index (Phi) is 6.88. The van der Waals surface area contributed by atoms with E-state index in [0.717, 1.165) is 6.54 Å². The molecular weight excluding hydrogens is 366 g/mol. The van der Waals surface area contributed by atoms with Crippen LogP contribution in [0.2, 0.25) is 0 Å². The van der Waals surface area contributed by atoms with Crippen LogP contribution in [0.1, 0.15) is 54.0 Å². The summed E-state index contributed by atoms with van der Waals surface area (Å²) in [4.78, 5) is 19.0. The molecule has 6 nitrogen and oxygen atoms in total. The number of hydrogen-bond acceptors (Lipinski definition) is 5. The van der Waals surface area contributed by atoms with Crippen LogP contribution in [0.3, 0.4) is 0 Å². The molecule has 2 heterocycles. The summed E-state index contributed by atoms with van der Waals surface area (Å²) in [5.74, 6) is 1.43. The van der Waals surface area contributed by atoms with Gasteiger partial charge in [-0.3, -0.25) is 9.69 Å². The van der Waals surface area contributed by atoms with Crippen molar-refractivity contribution < 1.29 is 13.6 Å². The van der Waals surface area contributed by atoms with Crippen LogP contribution in [0, 0.1) is 12.8 Å². The summed E-state index contributed by atoms with van der Waals surface area (Å²) in [6.45, 7) is 10.4. The van der Waals surface area contributed by atoms with E-state index in [2.05, 4.69) is 67.2 Å². The molecule has 2 aromatic heterocycles. The summed E-state index contributed by atoms with van der Waals surface area (Å²) < 4.78 is 10.8. The molecule has 0 unspecified atom stereocenters. The van der Waals surface area contributed by atoms with E-state index in [1.807, 2.05) is 6.07 Å². The molecule has 3 aromatic rings. The smallest absolute Gasteiger partial charge is 0.273 e. The van der Waals surface area contributed by atoms with Crippen LogP contribution in [0.25, 0.3) is 0 Å². The lowest BCUT2D eigenvalue weighted by Gasteiger charge is -2.30. The minimum Gasteiger partial charge on any atom is -0.467 e. The number of rotatable bonds is 9. The Morgan fingerprint density at radius 2 is 1.86 bits per heavy atom. The first kappa shape index (κ1) is 20.9. The molecule has 6 heteroatoms. The number of aromatic nitrogens is 1. The van der Waals surface area contributed by atoms with E-state index in [-0.39, 0.29) is 11.6 Å². The van der Waals surface area contributed by atoms with E-state index in [0.29, 0.717) is 36.7 Å². The van der Waals surface area contributed by atoms with Crippen molar-refractivity contribution >= 4 is 5.91 Å². The normalized spacial score (nSPS) is 12.5. The summed E-state index contributed by atoms with van der Waals surface area (Å²) in [5, 5.41) is 2.79. The van der Waals surface area contributed by atoms with Crippen LogP contribution in [0.15, 0.2) is 57.8 Å². The summed E-state index contributed by atoms with van der Waals surface area (Å²) in [6, 6.07) is 12.5. The summed E-state index contributed by atoms with van der Waals surface area (Å²) in [7, 11) is 0. The van der Waals surface area contributed by atoms with Crippen molar-refractivity contribution in [2.24, 2.45) is 5.92 Å². The zero-order valence-electron chi connectivity index (χ0n) is 17.5. The Bertz CT molecular complexity index is 898. The van der Waals surface area contributed by atoms with Crippen LogP contribution in [0.4, 0.5) is 0 Å². The number of hydrogen-bond donors (Lipinski definition) is 1. The fourth-order valence-electron chi connectivity index (χ4n) is 3.03. The largest absolute Gasteiger partial charge is 0.467 e. The van der Waals surface area contributed by atoms with Crippen LogP contribution in [0.5, 0.6) is 0 Å². The maximum atomic E-state index is 12.3. The van der Waals surface area contributed by atoms with Crippen molar-refractivity contribution in [2.45, 2.75) is 53.4 Å². The first-order valence-electron chi connectivity index (χ1n) is 9.97. The second kappa shape index (κ2) is 9.56. The quantitative estimate of drug-likeness (QED) is 0.575. The fourth-order valence-corrected chi connectivity index (χ4v) is 3.03. The van der Waals surface area contributed by atoms with Crippen LogP contribution in [-0.4, -0.2) is 21.8 Å². The van der Waals surface area contributed by atoms with E-state index in [4.69, 9.17) is 8.83 Å². The zero-order chi connectivity index (χ0) is 20.8. The highest BCUT2D eigenvalue weighted by Crippen LogP contribution is 2.18. The molecular formula is C23H29N3O3. The van der Waals surface area contributed by atoms with Gasteiger partial charge in [0.25, 0.3) is 5.91 Å². The molecule has 3 rings (SSSR count). The number of furan rings is 1. The molecule has 1 N–H and O–H groups in total. The van der Waals surface area contributed by atoms with Crippen molar-refractivity contribution in [1.29, 1.82) is 0 Å². The van der Waals surface area contributed by atoms with E-state index in [1.165, 1.54) is 17.4 Å². The second-order valence-corrected chi connectivity index (χ2v) is 7.76. The number of benzene rings is 1. The van der Waals surface area contributed by atoms with Gasteiger partial charge in [-0.15, -0.1) is 0 Å². The van der Waals surface area contributed by atoms with Crippen molar-refractivity contribution in [3.63, 3.8) is 0 Å². The summed E-state index contributed by atoms with van der Waals surface area (Å²) in [5.41, 5.74) is 2.76. The van der Waals surface area contributed by atoms with Crippen LogP contribution >= 0.6 is 0 Å². The van der Waals surface area contributed by atoms with E-state index in [1.54, 1.807) is 12.3 Å². The number of nitrogens with one attached hydrogen (secondary N) is 1. The lowest BCUT2D eigenvalue weighted by molar-refractivity contribution is 0.0942. The number of carbonyl (C=O) groups excluding carboxylic acids is 1. The maximum absolute atomic E-state index is 12.3. The highest BCUT2D eigenvalue weighted by atomic mass is 16.3. The Morgan fingerprint density at radius 3 is 2.52 bits per heavy atom. The van der Waals surface area contributed by atoms with Gasteiger partial charge in [0.1, 0.15) is 12.0 Å². The van der Waals surface area contributed by atoms with Gasteiger partial charge < -0.3 is 14.2 Å². The third-order valence-electron chi connectivity index (χ3n) is 5.17. The summed E-state index contributed by atoms with van der Waals surface area (Å²) >= 11 is 0. The number of oxazole rings is 1. The Labute approximate surface area is 171 Å². The molecule has 0 aliphatic heterocycles. The maximum Gasteiger partial charge on any atom is 0.273 e. The van der Waals surface area contributed by atoms with Gasteiger partial charge in [-0.1, -0.05) is 43.7 Å². The predicted octanol–water partition coefficient (Wildman–Crippen LogP) is 4.55. The highest BCUT2D eigenvalue weighted by Gasteiger charge is 2.21. The number of aryl methyl sites for hydroxylation is 1. The third-order valence-corrected chi connectivity index (χ3v) is 5.17. The van der Waals surface area contributed by atoms with Gasteiger partial charge in [0.15, 0.2) is 5.69 Å². The minimum absolute atomic E-state index is 0.277. The van der Waals surface area contributed by atoms with Crippen molar-refractivity contribution in [3.8, 4) is 0 Å². The summed E-state index contributed by atoms with van der Waals surface area (Å²) in [6.07, 6.45) is 2.99. The fraction of sp³-hybridized carbons (Fsp3) is 0.391. The van der Waals surface area contributed by atoms with E-state index >= 15 is 0 Å². The molecule has 1 aromatic carbocycles. The topological polar surface area (TPSA) is 71.5 Å². The van der Waals surface area contributed by atoms with Crippen molar-refractivity contribution in [2.75, 3.05) is 0 Å². The van der Waals surface area contributed by atoms with Crippen LogP contribution < -0.4 is 5.32 Å². The highest BCUT2D eigenvalue weighted by molar-refractivity contribution is 5.91. The van der Waals surface area contributed by atoms with Gasteiger partial charge in [0.05, 0.1) is 19.4 Å². The number of amides is 1. The number of nitrogens with zero attached hydrogens (tertiary/aromatic N) is 2. The molecule has 154 valence electrons. The lowest BCUT2D eigenvalue weighted by atomic mass is 10.0. The van der Waals surface area contributed by atoms with Gasteiger partial charge >= 0.3 is 0 Å². The SMILES string of the molecule is Cc1ccc(CN(Cc2nc(C(=O)NCc3ccco3)co2)[C@@H](C)C(C)C)cc1. The molecule has 0 saturated carbocycles. The van der Waals surface area contributed by atoms with Crippen molar-refractivity contribution in [1.82, 2.24) is 15.2 Å². The monoisotopic (exact) mass is 395 g/mol. The molecule has 1 atom stereocenters. The van der Waals surface area contributed by atoms with Crippen LogP contribution in [-0.2, 0) is 19.6 Å². The van der Waals surface area contributed by atoms with E-state index in [9.17, 15) is 4.79 Å². The molecule has 0 bridgehead atoms. The second-order valence-electron chi connectivity index (χ2n) is 7.76. The van der Waals surface area contributed by atoms with Crippen molar-refractivity contribution in [3.05, 3.63) is 77.4 Å². The molecule has 0 fully saturated rings. The molecule has 29 heavy (non-hydrogen) atoms. The molecule has 0 saturated heterocycles.